The molecule has 4 heteroatoms. The number of nitrogens with zero attached hydrogens (tertiary/aromatic N) is 1. The van der Waals surface area contributed by atoms with E-state index in [2.05, 4.69) is 41.1 Å². The molecule has 1 amide bonds. The zero-order chi connectivity index (χ0) is 18.5. The normalized spacial score (nSPS) is 11.8. The van der Waals surface area contributed by atoms with Crippen molar-refractivity contribution in [2.45, 2.75) is 26.3 Å². The Kier molecular flexibility index (Phi) is 5.42. The minimum absolute atomic E-state index is 0.0480. The molecule has 1 unspecified atom stereocenters. The molecular weight excluding hydrogens is 324 g/mol. The number of rotatable bonds is 6. The van der Waals surface area contributed by atoms with Gasteiger partial charge in [-0.3, -0.25) is 4.79 Å². The lowest BCUT2D eigenvalue weighted by molar-refractivity contribution is -0.116. The van der Waals surface area contributed by atoms with Crippen molar-refractivity contribution in [3.8, 4) is 5.75 Å². The van der Waals surface area contributed by atoms with E-state index in [1.807, 2.05) is 49.6 Å². The van der Waals surface area contributed by atoms with Crippen molar-refractivity contribution in [2.75, 3.05) is 12.4 Å². The summed E-state index contributed by atoms with van der Waals surface area (Å²) in [5.41, 5.74) is 4.08. The minimum Gasteiger partial charge on any atom is -0.495 e. The van der Waals surface area contributed by atoms with Gasteiger partial charge in [-0.25, -0.2) is 0 Å². The molecule has 0 saturated heterocycles. The molecule has 1 N–H and O–H groups in total. The largest absolute Gasteiger partial charge is 0.495 e. The monoisotopic (exact) mass is 348 g/mol. The van der Waals surface area contributed by atoms with E-state index >= 15 is 0 Å². The second kappa shape index (κ2) is 7.91. The second-order valence-corrected chi connectivity index (χ2v) is 6.51. The van der Waals surface area contributed by atoms with E-state index in [0.717, 1.165) is 11.1 Å². The fourth-order valence-corrected chi connectivity index (χ4v) is 3.04. The van der Waals surface area contributed by atoms with Gasteiger partial charge < -0.3 is 14.6 Å². The third-order valence-corrected chi connectivity index (χ3v) is 4.46. The summed E-state index contributed by atoms with van der Waals surface area (Å²) < 4.78 is 7.42. The van der Waals surface area contributed by atoms with Crippen LogP contribution >= 0.6 is 0 Å². The van der Waals surface area contributed by atoms with E-state index in [1.54, 1.807) is 7.11 Å². The van der Waals surface area contributed by atoms with Gasteiger partial charge in [0, 0.05) is 12.4 Å². The van der Waals surface area contributed by atoms with Gasteiger partial charge in [-0.1, -0.05) is 35.9 Å². The van der Waals surface area contributed by atoms with E-state index in [9.17, 15) is 4.79 Å². The molecule has 3 aromatic rings. The number of carbonyl (C=O) groups is 1. The number of hydrogen-bond acceptors (Lipinski definition) is 2. The number of benzene rings is 2. The molecule has 0 aliphatic rings. The highest BCUT2D eigenvalue weighted by molar-refractivity contribution is 5.92. The van der Waals surface area contributed by atoms with Gasteiger partial charge in [-0.15, -0.1) is 0 Å². The summed E-state index contributed by atoms with van der Waals surface area (Å²) >= 11 is 0. The molecule has 2 aromatic carbocycles. The molecule has 1 atom stereocenters. The number of nitrogens with one attached hydrogen (secondary N) is 1. The molecule has 0 aliphatic carbocycles. The highest BCUT2D eigenvalue weighted by Crippen LogP contribution is 2.27. The van der Waals surface area contributed by atoms with Crippen LogP contribution in [0.2, 0.25) is 0 Å². The lowest BCUT2D eigenvalue weighted by Gasteiger charge is -2.20. The number of hydrogen-bond donors (Lipinski definition) is 1. The number of carbonyl (C=O) groups excluding carboxylic acids is 1. The maximum Gasteiger partial charge on any atom is 0.226 e. The van der Waals surface area contributed by atoms with Crippen LogP contribution in [0.3, 0.4) is 0 Å². The Balaban J connectivity index is 1.82. The molecule has 1 heterocycles. The van der Waals surface area contributed by atoms with Gasteiger partial charge in [0.1, 0.15) is 5.75 Å². The zero-order valence-corrected chi connectivity index (χ0v) is 15.4. The molecule has 0 bridgehead atoms. The van der Waals surface area contributed by atoms with Gasteiger partial charge >= 0.3 is 0 Å². The summed E-state index contributed by atoms with van der Waals surface area (Å²) in [5.74, 6) is 0.616. The van der Waals surface area contributed by atoms with Crippen LogP contribution in [0.15, 0.2) is 67.0 Å². The van der Waals surface area contributed by atoms with Crippen LogP contribution in [0.1, 0.15) is 29.2 Å². The van der Waals surface area contributed by atoms with Crippen molar-refractivity contribution in [1.29, 1.82) is 0 Å². The molecule has 0 aliphatic heterocycles. The Bertz CT molecular complexity index is 868. The minimum atomic E-state index is -0.0543. The van der Waals surface area contributed by atoms with E-state index in [0.29, 0.717) is 17.9 Å². The quantitative estimate of drug-likeness (QED) is 0.700. The number of anilines is 1. The van der Waals surface area contributed by atoms with Gasteiger partial charge in [0.05, 0.1) is 25.3 Å². The lowest BCUT2D eigenvalue weighted by atomic mass is 10.0. The second-order valence-electron chi connectivity index (χ2n) is 6.51. The van der Waals surface area contributed by atoms with Crippen LogP contribution in [-0.4, -0.2) is 17.6 Å². The number of aromatic nitrogens is 1. The van der Waals surface area contributed by atoms with Crippen LogP contribution in [0, 0.1) is 13.8 Å². The average Bonchev–Trinajstić information content (AvgIpc) is 3.15. The first-order valence-corrected chi connectivity index (χ1v) is 8.70. The standard InChI is InChI=1S/C22H24N2O2/c1-16-6-9-18(10-7-16)20(24-12-4-5-13-24)15-22(25)23-19-14-17(2)8-11-21(19)26-3/h4-14,20H,15H2,1-3H3,(H,23,25). The SMILES string of the molecule is COc1ccc(C)cc1NC(=O)CC(c1ccc(C)cc1)n1cccc1. The van der Waals surface area contributed by atoms with Gasteiger partial charge in [0.15, 0.2) is 0 Å². The molecule has 3 rings (SSSR count). The Morgan fingerprint density at radius 2 is 1.69 bits per heavy atom. The molecule has 0 saturated carbocycles. The first-order chi connectivity index (χ1) is 12.6. The van der Waals surface area contributed by atoms with Gasteiger partial charge in [-0.2, -0.15) is 0 Å². The first-order valence-electron chi connectivity index (χ1n) is 8.70. The van der Waals surface area contributed by atoms with Gasteiger partial charge in [-0.05, 0) is 49.2 Å². The van der Waals surface area contributed by atoms with Crippen LogP contribution in [0.25, 0.3) is 0 Å². The summed E-state index contributed by atoms with van der Waals surface area (Å²) in [6.07, 6.45) is 4.32. The van der Waals surface area contributed by atoms with Crippen molar-refractivity contribution in [1.82, 2.24) is 4.57 Å². The zero-order valence-electron chi connectivity index (χ0n) is 15.4. The van der Waals surface area contributed by atoms with Crippen molar-refractivity contribution in [3.05, 3.63) is 83.7 Å². The fourth-order valence-electron chi connectivity index (χ4n) is 3.04. The number of ether oxygens (including phenoxy) is 1. The third-order valence-electron chi connectivity index (χ3n) is 4.46. The van der Waals surface area contributed by atoms with E-state index < -0.39 is 0 Å². The number of amides is 1. The predicted molar refractivity (Wildman–Crippen MR) is 105 cm³/mol. The maximum absolute atomic E-state index is 12.8. The lowest BCUT2D eigenvalue weighted by Crippen LogP contribution is -2.20. The highest BCUT2D eigenvalue weighted by atomic mass is 16.5. The fraction of sp³-hybridized carbons (Fsp3) is 0.227. The highest BCUT2D eigenvalue weighted by Gasteiger charge is 2.18. The Morgan fingerprint density at radius 3 is 2.35 bits per heavy atom. The summed E-state index contributed by atoms with van der Waals surface area (Å²) in [5, 5.41) is 3.00. The summed E-state index contributed by atoms with van der Waals surface area (Å²) in [6, 6.07) is 18.0. The van der Waals surface area contributed by atoms with Gasteiger partial charge in [0.2, 0.25) is 5.91 Å². The smallest absolute Gasteiger partial charge is 0.226 e. The molecule has 0 fully saturated rings. The van der Waals surface area contributed by atoms with Crippen LogP contribution in [0.4, 0.5) is 5.69 Å². The molecule has 26 heavy (non-hydrogen) atoms. The van der Waals surface area contributed by atoms with Crippen LogP contribution in [-0.2, 0) is 4.79 Å². The van der Waals surface area contributed by atoms with Crippen molar-refractivity contribution >= 4 is 11.6 Å². The van der Waals surface area contributed by atoms with Crippen molar-refractivity contribution in [3.63, 3.8) is 0 Å². The van der Waals surface area contributed by atoms with E-state index in [-0.39, 0.29) is 11.9 Å². The van der Waals surface area contributed by atoms with E-state index in [4.69, 9.17) is 4.74 Å². The number of aryl methyl sites for hydroxylation is 2. The van der Waals surface area contributed by atoms with Crippen LogP contribution < -0.4 is 10.1 Å². The predicted octanol–water partition coefficient (Wildman–Crippen LogP) is 4.73. The van der Waals surface area contributed by atoms with Gasteiger partial charge in [0.25, 0.3) is 0 Å². The maximum atomic E-state index is 12.8. The average molecular weight is 348 g/mol. The molecule has 0 spiro atoms. The molecule has 4 nitrogen and oxygen atoms in total. The molecule has 134 valence electrons. The first kappa shape index (κ1) is 17.8. The van der Waals surface area contributed by atoms with E-state index in [1.165, 1.54) is 5.56 Å². The van der Waals surface area contributed by atoms with Crippen LogP contribution in [0.5, 0.6) is 5.75 Å². The van der Waals surface area contributed by atoms with Crippen molar-refractivity contribution < 1.29 is 9.53 Å². The molecule has 1 aromatic heterocycles. The third kappa shape index (κ3) is 4.14. The molecular formula is C22H24N2O2. The summed E-state index contributed by atoms with van der Waals surface area (Å²) in [4.78, 5) is 12.8. The Morgan fingerprint density at radius 1 is 1.04 bits per heavy atom. The Labute approximate surface area is 154 Å². The number of methoxy groups -OCH3 is 1. The Hall–Kier alpha value is -3.01. The van der Waals surface area contributed by atoms with Crippen molar-refractivity contribution in [2.24, 2.45) is 0 Å². The summed E-state index contributed by atoms with van der Waals surface area (Å²) in [6.45, 7) is 4.05. The summed E-state index contributed by atoms with van der Waals surface area (Å²) in [7, 11) is 1.61. The molecule has 0 radical (unpaired) electrons. The topological polar surface area (TPSA) is 43.3 Å².